The third-order valence-corrected chi connectivity index (χ3v) is 4.52. The minimum absolute atomic E-state index is 0.261. The Morgan fingerprint density at radius 2 is 2.11 bits per heavy atom. The molecule has 2 fully saturated rings. The molecule has 1 amide bonds. The van der Waals surface area contributed by atoms with Crippen LogP contribution in [0.2, 0.25) is 0 Å². The van der Waals surface area contributed by atoms with Crippen LogP contribution in [-0.4, -0.2) is 35.1 Å². The van der Waals surface area contributed by atoms with Crippen molar-refractivity contribution in [3.63, 3.8) is 0 Å². The summed E-state index contributed by atoms with van der Waals surface area (Å²) in [6.45, 7) is 6.02. The SMILES string of the molecule is CC1(C)CCCC(CC(=O)N2CCCC(O)C2)C1. The van der Waals surface area contributed by atoms with E-state index in [-0.39, 0.29) is 12.0 Å². The van der Waals surface area contributed by atoms with Gasteiger partial charge in [-0.3, -0.25) is 4.79 Å². The summed E-state index contributed by atoms with van der Waals surface area (Å²) in [7, 11) is 0. The van der Waals surface area contributed by atoms with Gasteiger partial charge in [0.05, 0.1) is 6.10 Å². The summed E-state index contributed by atoms with van der Waals surface area (Å²) < 4.78 is 0. The molecule has 0 bridgehead atoms. The Labute approximate surface area is 111 Å². The number of likely N-dealkylation sites (tertiary alicyclic amines) is 1. The van der Waals surface area contributed by atoms with Crippen LogP contribution < -0.4 is 0 Å². The summed E-state index contributed by atoms with van der Waals surface area (Å²) in [6.07, 6.45) is 7.11. The molecule has 2 aliphatic rings. The van der Waals surface area contributed by atoms with E-state index in [0.29, 0.717) is 24.3 Å². The molecule has 2 atom stereocenters. The highest BCUT2D eigenvalue weighted by Crippen LogP contribution is 2.40. The number of carbonyl (C=O) groups is 1. The van der Waals surface area contributed by atoms with Crippen molar-refractivity contribution in [1.82, 2.24) is 4.90 Å². The summed E-state index contributed by atoms with van der Waals surface area (Å²) >= 11 is 0. The molecule has 1 saturated carbocycles. The average molecular weight is 253 g/mol. The summed E-state index contributed by atoms with van der Waals surface area (Å²) in [5.41, 5.74) is 0.407. The smallest absolute Gasteiger partial charge is 0.222 e. The topological polar surface area (TPSA) is 40.5 Å². The van der Waals surface area contributed by atoms with Gasteiger partial charge in [-0.2, -0.15) is 0 Å². The zero-order valence-electron chi connectivity index (χ0n) is 11.8. The molecule has 0 aromatic rings. The maximum absolute atomic E-state index is 12.2. The number of hydrogen-bond acceptors (Lipinski definition) is 2. The first-order chi connectivity index (χ1) is 8.46. The molecule has 2 rings (SSSR count). The van der Waals surface area contributed by atoms with E-state index in [0.717, 1.165) is 19.4 Å². The lowest BCUT2D eigenvalue weighted by atomic mass is 9.71. The van der Waals surface area contributed by atoms with Gasteiger partial charge in [-0.1, -0.05) is 20.3 Å². The second kappa shape index (κ2) is 5.60. The van der Waals surface area contributed by atoms with Gasteiger partial charge >= 0.3 is 0 Å². The first-order valence-corrected chi connectivity index (χ1v) is 7.42. The first kappa shape index (κ1) is 13.9. The van der Waals surface area contributed by atoms with Crippen LogP contribution in [0, 0.1) is 11.3 Å². The predicted octanol–water partition coefficient (Wildman–Crippen LogP) is 2.58. The second-order valence-electron chi connectivity index (χ2n) is 6.97. The van der Waals surface area contributed by atoms with Gasteiger partial charge in [0.15, 0.2) is 0 Å². The number of carbonyl (C=O) groups excluding carboxylic acids is 1. The lowest BCUT2D eigenvalue weighted by molar-refractivity contribution is -0.135. The second-order valence-corrected chi connectivity index (χ2v) is 6.97. The molecule has 0 aromatic carbocycles. The van der Waals surface area contributed by atoms with Crippen molar-refractivity contribution in [3.8, 4) is 0 Å². The molecular weight excluding hydrogens is 226 g/mol. The summed E-state index contributed by atoms with van der Waals surface area (Å²) in [6, 6.07) is 0. The molecule has 0 aromatic heterocycles. The van der Waals surface area contributed by atoms with E-state index in [1.807, 2.05) is 4.90 Å². The quantitative estimate of drug-likeness (QED) is 0.821. The van der Waals surface area contributed by atoms with Gasteiger partial charge in [-0.25, -0.2) is 0 Å². The van der Waals surface area contributed by atoms with Crippen LogP contribution in [0.3, 0.4) is 0 Å². The molecule has 1 saturated heterocycles. The van der Waals surface area contributed by atoms with Crippen LogP contribution in [0.1, 0.15) is 58.8 Å². The lowest BCUT2D eigenvalue weighted by Gasteiger charge is -2.37. The Hall–Kier alpha value is -0.570. The molecule has 0 spiro atoms. The van der Waals surface area contributed by atoms with Crippen molar-refractivity contribution in [2.24, 2.45) is 11.3 Å². The highest BCUT2D eigenvalue weighted by atomic mass is 16.3. The largest absolute Gasteiger partial charge is 0.391 e. The molecule has 0 radical (unpaired) electrons. The van der Waals surface area contributed by atoms with Gasteiger partial charge < -0.3 is 10.0 Å². The number of piperidine rings is 1. The van der Waals surface area contributed by atoms with Crippen molar-refractivity contribution in [3.05, 3.63) is 0 Å². The molecule has 3 nitrogen and oxygen atoms in total. The van der Waals surface area contributed by atoms with Crippen molar-refractivity contribution in [2.75, 3.05) is 13.1 Å². The zero-order valence-corrected chi connectivity index (χ0v) is 11.8. The van der Waals surface area contributed by atoms with Crippen molar-refractivity contribution < 1.29 is 9.90 Å². The number of aliphatic hydroxyl groups is 1. The third kappa shape index (κ3) is 3.71. The zero-order chi connectivity index (χ0) is 13.2. The number of rotatable bonds is 2. The maximum Gasteiger partial charge on any atom is 0.222 e. The van der Waals surface area contributed by atoms with Gasteiger partial charge in [0.25, 0.3) is 0 Å². The number of aliphatic hydroxyl groups excluding tert-OH is 1. The van der Waals surface area contributed by atoms with E-state index in [1.54, 1.807) is 0 Å². The number of amides is 1. The van der Waals surface area contributed by atoms with Crippen LogP contribution in [-0.2, 0) is 4.79 Å². The van der Waals surface area contributed by atoms with Crippen LogP contribution in [0.5, 0.6) is 0 Å². The minimum Gasteiger partial charge on any atom is -0.391 e. The van der Waals surface area contributed by atoms with Crippen molar-refractivity contribution in [2.45, 2.75) is 64.9 Å². The Kier molecular flexibility index (Phi) is 4.31. The average Bonchev–Trinajstić information content (AvgIpc) is 2.27. The third-order valence-electron chi connectivity index (χ3n) is 4.52. The molecule has 3 heteroatoms. The summed E-state index contributed by atoms with van der Waals surface area (Å²) in [5, 5.41) is 9.62. The van der Waals surface area contributed by atoms with E-state index >= 15 is 0 Å². The Bertz CT molecular complexity index is 301. The predicted molar refractivity (Wildman–Crippen MR) is 72.2 cm³/mol. The normalized spacial score (nSPS) is 32.3. The molecule has 2 unspecified atom stereocenters. The molecule has 1 aliphatic carbocycles. The monoisotopic (exact) mass is 253 g/mol. The fraction of sp³-hybridized carbons (Fsp3) is 0.933. The molecule has 104 valence electrons. The fourth-order valence-electron chi connectivity index (χ4n) is 3.59. The summed E-state index contributed by atoms with van der Waals surface area (Å²) in [5.74, 6) is 0.816. The van der Waals surface area contributed by atoms with Crippen LogP contribution in [0.4, 0.5) is 0 Å². The lowest BCUT2D eigenvalue weighted by Crippen LogP contribution is -2.43. The van der Waals surface area contributed by atoms with Gasteiger partial charge in [0.2, 0.25) is 5.91 Å². The maximum atomic E-state index is 12.2. The minimum atomic E-state index is -0.300. The van der Waals surface area contributed by atoms with Crippen LogP contribution in [0.15, 0.2) is 0 Å². The first-order valence-electron chi connectivity index (χ1n) is 7.42. The number of hydrogen-bond donors (Lipinski definition) is 1. The summed E-state index contributed by atoms with van der Waals surface area (Å²) in [4.78, 5) is 14.1. The highest BCUT2D eigenvalue weighted by Gasteiger charge is 2.31. The van der Waals surface area contributed by atoms with Gasteiger partial charge in [0.1, 0.15) is 0 Å². The molecule has 18 heavy (non-hydrogen) atoms. The Morgan fingerprint density at radius 3 is 2.78 bits per heavy atom. The number of β-amino-alcohol motifs (C(OH)–C–C–N with tert-alkyl or cyclic N) is 1. The molecule has 1 heterocycles. The fourth-order valence-corrected chi connectivity index (χ4v) is 3.59. The van der Waals surface area contributed by atoms with Gasteiger partial charge in [-0.15, -0.1) is 0 Å². The van der Waals surface area contributed by atoms with E-state index in [4.69, 9.17) is 0 Å². The molecule has 1 N–H and O–H groups in total. The van der Waals surface area contributed by atoms with E-state index in [2.05, 4.69) is 13.8 Å². The van der Waals surface area contributed by atoms with E-state index in [1.165, 1.54) is 25.7 Å². The van der Waals surface area contributed by atoms with Crippen LogP contribution in [0.25, 0.3) is 0 Å². The van der Waals surface area contributed by atoms with E-state index in [9.17, 15) is 9.90 Å². The van der Waals surface area contributed by atoms with Gasteiger partial charge in [0, 0.05) is 19.5 Å². The standard InChI is InChI=1S/C15H27NO2/c1-15(2)7-3-5-12(10-15)9-14(18)16-8-4-6-13(17)11-16/h12-13,17H,3-11H2,1-2H3. The van der Waals surface area contributed by atoms with Gasteiger partial charge in [-0.05, 0) is 43.4 Å². The van der Waals surface area contributed by atoms with E-state index < -0.39 is 0 Å². The molecule has 1 aliphatic heterocycles. The van der Waals surface area contributed by atoms with Crippen LogP contribution >= 0.6 is 0 Å². The van der Waals surface area contributed by atoms with Crippen molar-refractivity contribution >= 4 is 5.91 Å². The number of nitrogens with zero attached hydrogens (tertiary/aromatic N) is 1. The molecular formula is C15H27NO2. The van der Waals surface area contributed by atoms with Crippen molar-refractivity contribution in [1.29, 1.82) is 0 Å². The highest BCUT2D eigenvalue weighted by molar-refractivity contribution is 5.76. The Balaban J connectivity index is 1.83. The Morgan fingerprint density at radius 1 is 1.33 bits per heavy atom.